The Hall–Kier alpha value is -1.78. The summed E-state index contributed by atoms with van der Waals surface area (Å²) >= 11 is 0. The average molecular weight is 264 g/mol. The molecule has 0 aliphatic carbocycles. The predicted molar refractivity (Wildman–Crippen MR) is 79.4 cm³/mol. The van der Waals surface area contributed by atoms with Gasteiger partial charge in [-0.1, -0.05) is 6.92 Å². The minimum atomic E-state index is -0.286. The second-order valence-corrected chi connectivity index (χ2v) is 4.92. The number of pyridine rings is 1. The zero-order valence-electron chi connectivity index (χ0n) is 12.2. The van der Waals surface area contributed by atoms with Gasteiger partial charge in [-0.3, -0.25) is 9.78 Å². The first kappa shape index (κ1) is 15.3. The van der Waals surface area contributed by atoms with Crippen molar-refractivity contribution in [3.63, 3.8) is 0 Å². The van der Waals surface area contributed by atoms with Crippen LogP contribution in [-0.2, 0) is 4.79 Å². The smallest absolute Gasteiger partial charge is 0.242 e. The summed E-state index contributed by atoms with van der Waals surface area (Å²) in [5, 5.41) is 9.29. The molecule has 0 bridgehead atoms. The van der Waals surface area contributed by atoms with Gasteiger partial charge < -0.3 is 16.0 Å². The van der Waals surface area contributed by atoms with Crippen molar-refractivity contribution in [3.8, 4) is 0 Å². The van der Waals surface area contributed by atoms with Crippen LogP contribution in [0, 0.1) is 0 Å². The zero-order chi connectivity index (χ0) is 14.3. The third-order valence-electron chi connectivity index (χ3n) is 2.52. The van der Waals surface area contributed by atoms with Crippen molar-refractivity contribution < 1.29 is 4.79 Å². The minimum absolute atomic E-state index is 0.0121. The Balaban J connectivity index is 2.58. The molecule has 3 N–H and O–H groups in total. The van der Waals surface area contributed by atoms with Gasteiger partial charge in [0, 0.05) is 12.6 Å². The topological polar surface area (TPSA) is 66.0 Å². The van der Waals surface area contributed by atoms with Crippen LogP contribution in [0.15, 0.2) is 18.5 Å². The van der Waals surface area contributed by atoms with Gasteiger partial charge in [0.1, 0.15) is 6.04 Å². The van der Waals surface area contributed by atoms with E-state index in [9.17, 15) is 4.79 Å². The van der Waals surface area contributed by atoms with Crippen LogP contribution in [-0.4, -0.2) is 29.5 Å². The van der Waals surface area contributed by atoms with Crippen LogP contribution in [0.25, 0.3) is 0 Å². The molecule has 0 radical (unpaired) electrons. The molecule has 0 fully saturated rings. The summed E-state index contributed by atoms with van der Waals surface area (Å²) < 4.78 is 0. The van der Waals surface area contributed by atoms with Crippen LogP contribution >= 0.6 is 0 Å². The Kier molecular flexibility index (Phi) is 6.12. The van der Waals surface area contributed by atoms with E-state index >= 15 is 0 Å². The maximum atomic E-state index is 11.8. The van der Waals surface area contributed by atoms with Gasteiger partial charge in [-0.25, -0.2) is 0 Å². The second-order valence-electron chi connectivity index (χ2n) is 4.92. The SMILES string of the molecule is CCCNc1cncc(NC(C)C(=O)NC(C)C)c1. The summed E-state index contributed by atoms with van der Waals surface area (Å²) in [5.74, 6) is -0.0121. The molecule has 19 heavy (non-hydrogen) atoms. The van der Waals surface area contributed by atoms with Gasteiger partial charge in [0.2, 0.25) is 5.91 Å². The lowest BCUT2D eigenvalue weighted by molar-refractivity contribution is -0.122. The molecule has 0 saturated carbocycles. The van der Waals surface area contributed by atoms with Crippen molar-refractivity contribution in [3.05, 3.63) is 18.5 Å². The van der Waals surface area contributed by atoms with Crippen LogP contribution in [0.1, 0.15) is 34.1 Å². The van der Waals surface area contributed by atoms with Crippen LogP contribution in [0.3, 0.4) is 0 Å². The Morgan fingerprint density at radius 1 is 1.26 bits per heavy atom. The highest BCUT2D eigenvalue weighted by Gasteiger charge is 2.13. The van der Waals surface area contributed by atoms with E-state index in [2.05, 4.69) is 27.9 Å². The summed E-state index contributed by atoms with van der Waals surface area (Å²) in [4.78, 5) is 16.0. The van der Waals surface area contributed by atoms with E-state index in [1.165, 1.54) is 0 Å². The molecule has 0 aliphatic rings. The number of rotatable bonds is 7. The Morgan fingerprint density at radius 2 is 1.95 bits per heavy atom. The molecule has 5 nitrogen and oxygen atoms in total. The van der Waals surface area contributed by atoms with E-state index in [1.54, 1.807) is 12.4 Å². The number of hydrogen-bond acceptors (Lipinski definition) is 4. The van der Waals surface area contributed by atoms with E-state index in [1.807, 2.05) is 26.8 Å². The summed E-state index contributed by atoms with van der Waals surface area (Å²) in [5.41, 5.74) is 1.80. The lowest BCUT2D eigenvalue weighted by atomic mass is 10.2. The Bertz CT molecular complexity index is 406. The summed E-state index contributed by atoms with van der Waals surface area (Å²) in [6.45, 7) is 8.75. The third kappa shape index (κ3) is 5.59. The quantitative estimate of drug-likeness (QED) is 0.706. The second kappa shape index (κ2) is 7.61. The number of hydrogen-bond donors (Lipinski definition) is 3. The average Bonchev–Trinajstić information content (AvgIpc) is 2.36. The van der Waals surface area contributed by atoms with Crippen molar-refractivity contribution in [2.75, 3.05) is 17.2 Å². The number of anilines is 2. The fourth-order valence-electron chi connectivity index (χ4n) is 1.61. The largest absolute Gasteiger partial charge is 0.384 e. The maximum Gasteiger partial charge on any atom is 0.242 e. The molecule has 1 atom stereocenters. The molecule has 0 saturated heterocycles. The van der Waals surface area contributed by atoms with Crippen molar-refractivity contribution in [1.82, 2.24) is 10.3 Å². The number of aromatic nitrogens is 1. The standard InChI is InChI=1S/C14H24N4O/c1-5-6-16-12-7-13(9-15-8-12)18-11(4)14(19)17-10(2)3/h7-11,16,18H,5-6H2,1-4H3,(H,17,19). The number of carbonyl (C=O) groups is 1. The molecular weight excluding hydrogens is 240 g/mol. The first-order valence-corrected chi connectivity index (χ1v) is 6.78. The molecule has 0 aromatic carbocycles. The monoisotopic (exact) mass is 264 g/mol. The molecule has 0 spiro atoms. The van der Waals surface area contributed by atoms with Gasteiger partial charge in [-0.05, 0) is 33.3 Å². The molecule has 0 aliphatic heterocycles. The van der Waals surface area contributed by atoms with Crippen molar-refractivity contribution in [2.45, 2.75) is 46.2 Å². The van der Waals surface area contributed by atoms with Crippen LogP contribution in [0.5, 0.6) is 0 Å². The first-order chi connectivity index (χ1) is 9.02. The lowest BCUT2D eigenvalue weighted by Crippen LogP contribution is -2.40. The normalized spacial score (nSPS) is 12.1. The van der Waals surface area contributed by atoms with E-state index in [0.29, 0.717) is 0 Å². The van der Waals surface area contributed by atoms with E-state index in [-0.39, 0.29) is 18.0 Å². The van der Waals surface area contributed by atoms with Crippen molar-refractivity contribution >= 4 is 17.3 Å². The molecule has 1 unspecified atom stereocenters. The predicted octanol–water partition coefficient (Wildman–Crippen LogP) is 2.23. The minimum Gasteiger partial charge on any atom is -0.384 e. The van der Waals surface area contributed by atoms with Crippen LogP contribution in [0.2, 0.25) is 0 Å². The fourth-order valence-corrected chi connectivity index (χ4v) is 1.61. The summed E-state index contributed by atoms with van der Waals surface area (Å²) in [6, 6.07) is 1.82. The van der Waals surface area contributed by atoms with Gasteiger partial charge in [0.25, 0.3) is 0 Å². The highest BCUT2D eigenvalue weighted by Crippen LogP contribution is 2.13. The van der Waals surface area contributed by atoms with Crippen LogP contribution < -0.4 is 16.0 Å². The molecule has 1 amide bonds. The van der Waals surface area contributed by atoms with Gasteiger partial charge in [-0.15, -0.1) is 0 Å². The summed E-state index contributed by atoms with van der Waals surface area (Å²) in [7, 11) is 0. The van der Waals surface area contributed by atoms with Gasteiger partial charge in [0.15, 0.2) is 0 Å². The number of nitrogens with zero attached hydrogens (tertiary/aromatic N) is 1. The van der Waals surface area contributed by atoms with Crippen molar-refractivity contribution in [1.29, 1.82) is 0 Å². The van der Waals surface area contributed by atoms with Gasteiger partial charge >= 0.3 is 0 Å². The van der Waals surface area contributed by atoms with Crippen LogP contribution in [0.4, 0.5) is 11.4 Å². The fraction of sp³-hybridized carbons (Fsp3) is 0.571. The van der Waals surface area contributed by atoms with E-state index < -0.39 is 0 Å². The Morgan fingerprint density at radius 3 is 2.58 bits per heavy atom. The molecule has 1 heterocycles. The Labute approximate surface area is 115 Å². The molecule has 106 valence electrons. The molecule has 1 aromatic rings. The number of nitrogens with one attached hydrogen (secondary N) is 3. The molecule has 1 rings (SSSR count). The molecule has 1 aromatic heterocycles. The van der Waals surface area contributed by atoms with Gasteiger partial charge in [0.05, 0.1) is 23.8 Å². The number of carbonyl (C=O) groups excluding carboxylic acids is 1. The molecule has 5 heteroatoms. The highest BCUT2D eigenvalue weighted by atomic mass is 16.2. The van der Waals surface area contributed by atoms with E-state index in [4.69, 9.17) is 0 Å². The highest BCUT2D eigenvalue weighted by molar-refractivity contribution is 5.84. The number of amides is 1. The van der Waals surface area contributed by atoms with E-state index in [0.717, 1.165) is 24.3 Å². The van der Waals surface area contributed by atoms with Crippen molar-refractivity contribution in [2.24, 2.45) is 0 Å². The first-order valence-electron chi connectivity index (χ1n) is 6.78. The van der Waals surface area contributed by atoms with Gasteiger partial charge in [-0.2, -0.15) is 0 Å². The maximum absolute atomic E-state index is 11.8. The third-order valence-corrected chi connectivity index (χ3v) is 2.52. The lowest BCUT2D eigenvalue weighted by Gasteiger charge is -2.17. The zero-order valence-corrected chi connectivity index (χ0v) is 12.2. The molecular formula is C14H24N4O. The summed E-state index contributed by atoms with van der Waals surface area (Å²) in [6.07, 6.45) is 4.56.